The van der Waals surface area contributed by atoms with Crippen molar-refractivity contribution >= 4 is 56.9 Å². The molecule has 2 saturated heterocycles. The number of thiazole rings is 1. The van der Waals surface area contributed by atoms with Crippen LogP contribution in [0.15, 0.2) is 23.6 Å². The smallest absolute Gasteiger partial charge is 0.408 e. The molecule has 0 spiro atoms. The molecule has 2 aromatic heterocycles. The van der Waals surface area contributed by atoms with Crippen LogP contribution in [-0.4, -0.2) is 102 Å². The van der Waals surface area contributed by atoms with Gasteiger partial charge in [-0.05, 0) is 62.5 Å². The summed E-state index contributed by atoms with van der Waals surface area (Å²) in [6, 6.07) is 3.69. The fraction of sp³-hybridized carbons (Fsp3) is 0.605. The summed E-state index contributed by atoms with van der Waals surface area (Å²) in [5.74, 6) is 1.10. The van der Waals surface area contributed by atoms with E-state index in [2.05, 4.69) is 16.0 Å². The third-order valence-corrected chi connectivity index (χ3v) is 11.6. The van der Waals surface area contributed by atoms with Crippen molar-refractivity contribution in [2.45, 2.75) is 96.7 Å². The Kier molecular flexibility index (Phi) is 11.1. The van der Waals surface area contributed by atoms with Crippen LogP contribution in [0.2, 0.25) is 5.02 Å². The van der Waals surface area contributed by atoms with Gasteiger partial charge in [0.1, 0.15) is 53.1 Å². The van der Waals surface area contributed by atoms with E-state index in [0.29, 0.717) is 70.5 Å². The van der Waals surface area contributed by atoms with Crippen molar-refractivity contribution in [3.8, 4) is 22.9 Å². The minimum atomic E-state index is -0.971. The summed E-state index contributed by atoms with van der Waals surface area (Å²) in [6.07, 6.45) is 1.67. The van der Waals surface area contributed by atoms with E-state index in [4.69, 9.17) is 46.3 Å². The molecule has 2 aliphatic heterocycles. The van der Waals surface area contributed by atoms with Gasteiger partial charge in [0.05, 0.1) is 37.0 Å². The van der Waals surface area contributed by atoms with E-state index in [9.17, 15) is 14.4 Å². The summed E-state index contributed by atoms with van der Waals surface area (Å²) in [5.41, 5.74) is 6.81. The van der Waals surface area contributed by atoms with Crippen LogP contribution in [0.5, 0.6) is 11.5 Å². The van der Waals surface area contributed by atoms with Gasteiger partial charge in [0.15, 0.2) is 5.13 Å². The summed E-state index contributed by atoms with van der Waals surface area (Å²) in [5, 5.41) is 13.1. The predicted molar refractivity (Wildman–Crippen MR) is 206 cm³/mol. The number of benzene rings is 1. The van der Waals surface area contributed by atoms with Crippen LogP contribution >= 0.6 is 22.9 Å². The van der Waals surface area contributed by atoms with Gasteiger partial charge in [-0.2, -0.15) is 0 Å². The first kappa shape index (κ1) is 38.4. The number of rotatable bonds is 12. The lowest BCUT2D eigenvalue weighted by Crippen LogP contribution is -2.57. The SMILES string of the molecule is CC(C)Nc1nc(-c2cc(OC3C[C@@H](C(N)=O)N(C(=O)[C@@H](NC(=O)O[C@@H]4C[C@@H]5C[C@@H]5C4)C(C)(C)C)C3)c3ccc(OC[C@H]4COCCN4)c(Cl)c3n2)cs1. The first-order valence-corrected chi connectivity index (χ1v) is 20.0. The molecule has 5 N–H and O–H groups in total. The molecule has 7 rings (SSSR count). The number of likely N-dealkylation sites (tertiary alicyclic amines) is 1. The fourth-order valence-electron chi connectivity index (χ4n) is 7.62. The quantitative estimate of drug-likeness (QED) is 0.195. The lowest BCUT2D eigenvalue weighted by molar-refractivity contribution is -0.141. The zero-order chi connectivity index (χ0) is 38.3. The molecule has 1 aromatic carbocycles. The maximum Gasteiger partial charge on any atom is 0.408 e. The van der Waals surface area contributed by atoms with Gasteiger partial charge in [0.2, 0.25) is 11.8 Å². The highest BCUT2D eigenvalue weighted by Crippen LogP contribution is 2.52. The lowest BCUT2D eigenvalue weighted by Gasteiger charge is -2.35. The highest BCUT2D eigenvalue weighted by atomic mass is 35.5. The number of anilines is 1. The number of nitrogens with zero attached hydrogens (tertiary/aromatic N) is 3. The monoisotopic (exact) mass is 783 g/mol. The first-order chi connectivity index (χ1) is 25.7. The molecule has 1 unspecified atom stereocenters. The molecule has 7 atom stereocenters. The Morgan fingerprint density at radius 3 is 2.56 bits per heavy atom. The topological polar surface area (TPSA) is 179 Å². The second kappa shape index (κ2) is 15.7. The third kappa shape index (κ3) is 8.64. The molecule has 292 valence electrons. The number of hydrogen-bond donors (Lipinski definition) is 4. The fourth-order valence-corrected chi connectivity index (χ4v) is 8.73. The van der Waals surface area contributed by atoms with E-state index < -0.39 is 41.5 Å². The number of pyridine rings is 1. The Hall–Kier alpha value is -3.92. The number of halogens is 1. The molecule has 0 radical (unpaired) electrons. The average Bonchev–Trinajstić information content (AvgIpc) is 3.45. The molecule has 14 nitrogen and oxygen atoms in total. The highest BCUT2D eigenvalue weighted by molar-refractivity contribution is 7.14. The zero-order valence-corrected chi connectivity index (χ0v) is 32.9. The number of aromatic nitrogens is 2. The van der Waals surface area contributed by atoms with Gasteiger partial charge in [-0.1, -0.05) is 32.4 Å². The van der Waals surface area contributed by atoms with Crippen LogP contribution in [-0.2, 0) is 19.1 Å². The minimum absolute atomic E-state index is 0.0216. The molecular formula is C38H50ClN7O7S. The van der Waals surface area contributed by atoms with Crippen LogP contribution in [0.4, 0.5) is 9.93 Å². The molecule has 3 aromatic rings. The number of fused-ring (bicyclic) bond motifs is 2. The van der Waals surface area contributed by atoms with E-state index in [1.54, 1.807) is 12.1 Å². The largest absolute Gasteiger partial charge is 0.490 e. The number of ether oxygens (including phenoxy) is 4. The predicted octanol–water partition coefficient (Wildman–Crippen LogP) is 4.97. The molecule has 4 aliphatic rings. The molecule has 2 saturated carbocycles. The van der Waals surface area contributed by atoms with Gasteiger partial charge in [0, 0.05) is 35.8 Å². The van der Waals surface area contributed by atoms with Gasteiger partial charge in [0.25, 0.3) is 0 Å². The van der Waals surface area contributed by atoms with Crippen molar-refractivity contribution in [3.63, 3.8) is 0 Å². The van der Waals surface area contributed by atoms with Gasteiger partial charge in [-0.3, -0.25) is 9.59 Å². The number of nitrogens with one attached hydrogen (secondary N) is 3. The summed E-state index contributed by atoms with van der Waals surface area (Å²) in [4.78, 5) is 51.3. The van der Waals surface area contributed by atoms with E-state index in [0.717, 1.165) is 24.5 Å². The number of alkyl carbamates (subject to hydrolysis) is 1. The molecule has 16 heteroatoms. The van der Waals surface area contributed by atoms with Crippen LogP contribution in [0, 0.1) is 17.3 Å². The molecular weight excluding hydrogens is 734 g/mol. The van der Waals surface area contributed by atoms with E-state index >= 15 is 0 Å². The van der Waals surface area contributed by atoms with E-state index in [-0.39, 0.29) is 31.2 Å². The Bertz CT molecular complexity index is 1870. The highest BCUT2D eigenvalue weighted by Gasteiger charge is 2.48. The van der Waals surface area contributed by atoms with Gasteiger partial charge < -0.3 is 45.5 Å². The maximum atomic E-state index is 14.3. The number of nitrogens with two attached hydrogens (primary N) is 1. The Balaban J connectivity index is 1.14. The van der Waals surface area contributed by atoms with Crippen molar-refractivity contribution in [2.75, 3.05) is 38.2 Å². The van der Waals surface area contributed by atoms with Crippen LogP contribution in [0.3, 0.4) is 0 Å². The first-order valence-electron chi connectivity index (χ1n) is 18.8. The molecule has 54 heavy (non-hydrogen) atoms. The minimum Gasteiger partial charge on any atom is -0.490 e. The van der Waals surface area contributed by atoms with Crippen LogP contribution < -0.4 is 31.2 Å². The maximum absolute atomic E-state index is 14.3. The number of primary amides is 1. The Morgan fingerprint density at radius 1 is 1.09 bits per heavy atom. The van der Waals surface area contributed by atoms with E-state index in [1.165, 1.54) is 22.7 Å². The van der Waals surface area contributed by atoms with Crippen molar-refractivity contribution in [3.05, 3.63) is 28.6 Å². The van der Waals surface area contributed by atoms with Crippen LogP contribution in [0.25, 0.3) is 22.3 Å². The summed E-state index contributed by atoms with van der Waals surface area (Å²) < 4.78 is 24.1. The second-order valence-corrected chi connectivity index (χ2v) is 17.5. The molecule has 0 bridgehead atoms. The van der Waals surface area contributed by atoms with Crippen molar-refractivity contribution in [1.82, 2.24) is 25.5 Å². The van der Waals surface area contributed by atoms with Gasteiger partial charge in [-0.15, -0.1) is 11.3 Å². The van der Waals surface area contributed by atoms with Crippen molar-refractivity contribution in [1.29, 1.82) is 0 Å². The van der Waals surface area contributed by atoms with Crippen LogP contribution in [0.1, 0.15) is 60.3 Å². The van der Waals surface area contributed by atoms with Gasteiger partial charge >= 0.3 is 6.09 Å². The van der Waals surface area contributed by atoms with Crippen molar-refractivity contribution < 1.29 is 33.3 Å². The molecule has 3 amide bonds. The Morgan fingerprint density at radius 2 is 1.87 bits per heavy atom. The normalized spacial score (nSPS) is 25.6. The molecule has 4 fully saturated rings. The Labute approximate surface area is 324 Å². The number of hydrogen-bond acceptors (Lipinski definition) is 12. The number of carbonyl (C=O) groups excluding carboxylic acids is 3. The lowest BCUT2D eigenvalue weighted by atomic mass is 9.85. The number of carbonyl (C=O) groups is 3. The second-order valence-electron chi connectivity index (χ2n) is 16.2. The molecule has 2 aliphatic carbocycles. The molecule has 4 heterocycles. The van der Waals surface area contributed by atoms with E-state index in [1.807, 2.05) is 46.1 Å². The standard InChI is InChI=1S/C38H50ClN7O7S/c1-19(2)42-36-44-27(18-54-36)26-14-30(25-6-7-29(31(39)32(25)43-26)51-17-22-16-50-9-8-41-22)52-24-13-28(34(40)47)46(15-24)35(48)33(38(3,4)5)45-37(49)53-23-11-20-10-21(20)12-23/h6-7,14,18-24,28,33,41H,8-13,15-17H2,1-5H3,(H2,40,47)(H,42,44)(H,45,49)/t20-,21+,22-,23+,24?,28+,33-/m1/s1. The zero-order valence-electron chi connectivity index (χ0n) is 31.4. The summed E-state index contributed by atoms with van der Waals surface area (Å²) in [7, 11) is 0. The summed E-state index contributed by atoms with van der Waals surface area (Å²) in [6.45, 7) is 12.0. The third-order valence-electron chi connectivity index (χ3n) is 10.5. The van der Waals surface area contributed by atoms with Crippen molar-refractivity contribution in [2.24, 2.45) is 23.0 Å². The number of morpholine rings is 1. The summed E-state index contributed by atoms with van der Waals surface area (Å²) >= 11 is 8.47. The number of amides is 3. The van der Waals surface area contributed by atoms with Gasteiger partial charge in [-0.25, -0.2) is 14.8 Å². The average molecular weight is 784 g/mol.